The van der Waals surface area contributed by atoms with Gasteiger partial charge in [-0.1, -0.05) is 19.1 Å². The van der Waals surface area contributed by atoms with Crippen LogP contribution in [0.3, 0.4) is 0 Å². The van der Waals surface area contributed by atoms with E-state index in [1.165, 1.54) is 6.07 Å². The zero-order chi connectivity index (χ0) is 12.3. The molecule has 0 radical (unpaired) electrons. The number of benzene rings is 1. The summed E-state index contributed by atoms with van der Waals surface area (Å²) in [5, 5.41) is 13.9. The lowest BCUT2D eigenvalue weighted by Crippen LogP contribution is -2.47. The van der Waals surface area contributed by atoms with Crippen molar-refractivity contribution in [2.45, 2.75) is 13.5 Å². The third-order valence-electron chi connectivity index (χ3n) is 2.90. The van der Waals surface area contributed by atoms with Gasteiger partial charge in [0.15, 0.2) is 0 Å². The van der Waals surface area contributed by atoms with Gasteiger partial charge in [-0.05, 0) is 5.56 Å². The first-order valence-electron chi connectivity index (χ1n) is 5.61. The lowest BCUT2D eigenvalue weighted by atomic mass is 9.89. The van der Waals surface area contributed by atoms with Crippen molar-refractivity contribution in [1.82, 2.24) is 5.32 Å². The van der Waals surface area contributed by atoms with Gasteiger partial charge in [-0.2, -0.15) is 0 Å². The van der Waals surface area contributed by atoms with E-state index in [1.54, 1.807) is 12.1 Å². The molecule has 5 heteroatoms. The number of rotatable bonds is 5. The van der Waals surface area contributed by atoms with Crippen LogP contribution in [0.25, 0.3) is 0 Å². The molecule has 1 saturated heterocycles. The van der Waals surface area contributed by atoms with E-state index < -0.39 is 0 Å². The predicted molar refractivity (Wildman–Crippen MR) is 63.7 cm³/mol. The van der Waals surface area contributed by atoms with Crippen molar-refractivity contribution in [3.8, 4) is 0 Å². The van der Waals surface area contributed by atoms with Gasteiger partial charge in [0, 0.05) is 30.6 Å². The highest BCUT2D eigenvalue weighted by Crippen LogP contribution is 2.25. The minimum absolute atomic E-state index is 0.141. The van der Waals surface area contributed by atoms with Gasteiger partial charge in [0.2, 0.25) is 0 Å². The molecule has 1 aliphatic heterocycles. The summed E-state index contributed by atoms with van der Waals surface area (Å²) in [5.74, 6) is 0. The standard InChI is InChI=1S/C12H16N2O3/c1-12(8-17-9-12)7-13-6-10-3-2-4-11(5-10)14(15)16/h2-5,13H,6-9H2,1H3. The molecule has 17 heavy (non-hydrogen) atoms. The molecule has 0 spiro atoms. The second kappa shape index (κ2) is 4.81. The van der Waals surface area contributed by atoms with Crippen molar-refractivity contribution in [3.63, 3.8) is 0 Å². The molecule has 0 amide bonds. The van der Waals surface area contributed by atoms with Crippen molar-refractivity contribution < 1.29 is 9.66 Å². The average Bonchev–Trinajstić information content (AvgIpc) is 2.27. The molecule has 92 valence electrons. The molecule has 1 N–H and O–H groups in total. The van der Waals surface area contributed by atoms with Gasteiger partial charge in [0.05, 0.1) is 18.1 Å². The summed E-state index contributed by atoms with van der Waals surface area (Å²) >= 11 is 0. The van der Waals surface area contributed by atoms with Crippen LogP contribution in [0.4, 0.5) is 5.69 Å². The van der Waals surface area contributed by atoms with E-state index in [2.05, 4.69) is 12.2 Å². The fourth-order valence-electron chi connectivity index (χ4n) is 1.84. The summed E-state index contributed by atoms with van der Waals surface area (Å²) in [7, 11) is 0. The zero-order valence-corrected chi connectivity index (χ0v) is 9.81. The molecule has 0 atom stereocenters. The van der Waals surface area contributed by atoms with Crippen LogP contribution < -0.4 is 5.32 Å². The van der Waals surface area contributed by atoms with Crippen LogP contribution in [0.2, 0.25) is 0 Å². The number of nitrogens with zero attached hydrogens (tertiary/aromatic N) is 1. The van der Waals surface area contributed by atoms with Gasteiger partial charge in [-0.15, -0.1) is 0 Å². The van der Waals surface area contributed by atoms with Gasteiger partial charge in [0.25, 0.3) is 5.69 Å². The van der Waals surface area contributed by atoms with E-state index in [1.807, 2.05) is 6.07 Å². The van der Waals surface area contributed by atoms with Crippen LogP contribution in [0.1, 0.15) is 12.5 Å². The second-order valence-corrected chi connectivity index (χ2v) is 4.83. The van der Waals surface area contributed by atoms with Crippen molar-refractivity contribution in [1.29, 1.82) is 0 Å². The number of nitrogens with one attached hydrogen (secondary N) is 1. The van der Waals surface area contributed by atoms with Gasteiger partial charge >= 0.3 is 0 Å². The van der Waals surface area contributed by atoms with E-state index >= 15 is 0 Å². The number of non-ortho nitro benzene ring substituents is 1. The van der Waals surface area contributed by atoms with E-state index in [4.69, 9.17) is 4.74 Å². The molecule has 0 bridgehead atoms. The van der Waals surface area contributed by atoms with E-state index in [0.717, 1.165) is 25.3 Å². The molecule has 2 rings (SSSR count). The largest absolute Gasteiger partial charge is 0.380 e. The van der Waals surface area contributed by atoms with Crippen LogP contribution in [0.15, 0.2) is 24.3 Å². The number of nitro groups is 1. The van der Waals surface area contributed by atoms with Crippen LogP contribution in [-0.4, -0.2) is 24.7 Å². The monoisotopic (exact) mass is 236 g/mol. The molecule has 0 aromatic heterocycles. The fraction of sp³-hybridized carbons (Fsp3) is 0.500. The topological polar surface area (TPSA) is 64.4 Å². The Morgan fingerprint density at radius 2 is 2.29 bits per heavy atom. The molecule has 1 fully saturated rings. The van der Waals surface area contributed by atoms with Crippen molar-refractivity contribution in [2.24, 2.45) is 5.41 Å². The molecule has 0 unspecified atom stereocenters. The average molecular weight is 236 g/mol. The fourth-order valence-corrected chi connectivity index (χ4v) is 1.84. The third-order valence-corrected chi connectivity index (χ3v) is 2.90. The lowest BCUT2D eigenvalue weighted by molar-refractivity contribution is -0.384. The van der Waals surface area contributed by atoms with E-state index in [0.29, 0.717) is 6.54 Å². The Kier molecular flexibility index (Phi) is 3.40. The van der Waals surface area contributed by atoms with Crippen LogP contribution in [0.5, 0.6) is 0 Å². The van der Waals surface area contributed by atoms with Crippen LogP contribution >= 0.6 is 0 Å². The quantitative estimate of drug-likeness (QED) is 0.624. The third kappa shape index (κ3) is 3.01. The molecule has 1 aromatic rings. The maximum Gasteiger partial charge on any atom is 0.269 e. The number of nitro benzene ring substituents is 1. The Morgan fingerprint density at radius 1 is 1.53 bits per heavy atom. The summed E-state index contributed by atoms with van der Waals surface area (Å²) in [6.45, 7) is 5.26. The maximum absolute atomic E-state index is 10.6. The first-order valence-corrected chi connectivity index (χ1v) is 5.61. The SMILES string of the molecule is CC1(CNCc2cccc([N+](=O)[O-])c2)COC1. The Bertz CT molecular complexity index is 416. The molecule has 1 aliphatic rings. The highest BCUT2D eigenvalue weighted by molar-refractivity contribution is 5.34. The molecule has 1 heterocycles. The molecule has 0 aliphatic carbocycles. The zero-order valence-electron chi connectivity index (χ0n) is 9.81. The van der Waals surface area contributed by atoms with Gasteiger partial charge in [-0.25, -0.2) is 0 Å². The highest BCUT2D eigenvalue weighted by atomic mass is 16.6. The molecular formula is C12H16N2O3. The van der Waals surface area contributed by atoms with Crippen LogP contribution in [-0.2, 0) is 11.3 Å². The minimum atomic E-state index is -0.370. The number of hydrogen-bond acceptors (Lipinski definition) is 4. The summed E-state index contributed by atoms with van der Waals surface area (Å²) in [6.07, 6.45) is 0. The Morgan fingerprint density at radius 3 is 2.88 bits per heavy atom. The van der Waals surface area contributed by atoms with Gasteiger partial charge in [0.1, 0.15) is 0 Å². The first kappa shape index (κ1) is 12.0. The summed E-state index contributed by atoms with van der Waals surface area (Å²) in [6, 6.07) is 6.71. The molecule has 5 nitrogen and oxygen atoms in total. The maximum atomic E-state index is 10.6. The van der Waals surface area contributed by atoms with Crippen molar-refractivity contribution in [2.75, 3.05) is 19.8 Å². The highest BCUT2D eigenvalue weighted by Gasteiger charge is 2.32. The van der Waals surface area contributed by atoms with Crippen LogP contribution in [0, 0.1) is 15.5 Å². The second-order valence-electron chi connectivity index (χ2n) is 4.83. The Balaban J connectivity index is 1.86. The Hall–Kier alpha value is -1.46. The van der Waals surface area contributed by atoms with E-state index in [-0.39, 0.29) is 16.0 Å². The number of hydrogen-bond donors (Lipinski definition) is 1. The molecular weight excluding hydrogens is 220 g/mol. The van der Waals surface area contributed by atoms with Crippen molar-refractivity contribution >= 4 is 5.69 Å². The summed E-state index contributed by atoms with van der Waals surface area (Å²) in [5.41, 5.74) is 1.30. The normalized spacial score (nSPS) is 17.5. The Labute approximate surface area is 99.9 Å². The summed E-state index contributed by atoms with van der Waals surface area (Å²) < 4.78 is 5.16. The first-order chi connectivity index (χ1) is 8.09. The predicted octanol–water partition coefficient (Wildman–Crippen LogP) is 1.72. The van der Waals surface area contributed by atoms with E-state index in [9.17, 15) is 10.1 Å². The van der Waals surface area contributed by atoms with Crippen molar-refractivity contribution in [3.05, 3.63) is 39.9 Å². The minimum Gasteiger partial charge on any atom is -0.380 e. The summed E-state index contributed by atoms with van der Waals surface area (Å²) in [4.78, 5) is 10.2. The molecule has 0 saturated carbocycles. The molecule has 1 aromatic carbocycles. The van der Waals surface area contributed by atoms with Gasteiger partial charge in [-0.3, -0.25) is 10.1 Å². The lowest BCUT2D eigenvalue weighted by Gasteiger charge is -2.38. The smallest absolute Gasteiger partial charge is 0.269 e. The number of ether oxygens (including phenoxy) is 1. The van der Waals surface area contributed by atoms with Gasteiger partial charge < -0.3 is 10.1 Å².